The van der Waals surface area contributed by atoms with Crippen molar-refractivity contribution < 1.29 is 4.79 Å². The lowest BCUT2D eigenvalue weighted by atomic mass is 10.1. The van der Waals surface area contributed by atoms with E-state index in [4.69, 9.17) is 4.99 Å². The quantitative estimate of drug-likeness (QED) is 0.293. The molecule has 4 heterocycles. The van der Waals surface area contributed by atoms with Crippen molar-refractivity contribution >= 4 is 35.8 Å². The van der Waals surface area contributed by atoms with Gasteiger partial charge in [0, 0.05) is 78.5 Å². The third-order valence-electron chi connectivity index (χ3n) is 5.98. The average Bonchev–Trinajstić information content (AvgIpc) is 2.68. The number of nitrogens with zero attached hydrogens (tertiary/aromatic N) is 5. The Bertz CT molecular complexity index is 514. The molecule has 0 aromatic rings. The first-order chi connectivity index (χ1) is 13.0. The van der Waals surface area contributed by atoms with Gasteiger partial charge in [0.1, 0.15) is 0 Å². The number of hydrogen-bond acceptors (Lipinski definition) is 5. The predicted molar refractivity (Wildman–Crippen MR) is 124 cm³/mol. The van der Waals surface area contributed by atoms with Gasteiger partial charge in [-0.05, 0) is 19.8 Å². The van der Waals surface area contributed by atoms with E-state index in [0.717, 1.165) is 51.5 Å². The van der Waals surface area contributed by atoms with Crippen LogP contribution in [0.15, 0.2) is 4.99 Å². The summed E-state index contributed by atoms with van der Waals surface area (Å²) in [6.45, 7) is 12.3. The summed E-state index contributed by atoms with van der Waals surface area (Å²) in [4.78, 5) is 25.8. The highest BCUT2D eigenvalue weighted by Crippen LogP contribution is 2.16. The number of carbonyl (C=O) groups excluding carboxylic acids is 1. The van der Waals surface area contributed by atoms with E-state index in [-0.39, 0.29) is 29.9 Å². The molecule has 4 aliphatic heterocycles. The van der Waals surface area contributed by atoms with Crippen molar-refractivity contribution in [2.24, 2.45) is 4.99 Å². The van der Waals surface area contributed by atoms with Crippen LogP contribution in [0, 0.1) is 0 Å². The highest BCUT2D eigenvalue weighted by atomic mass is 127. The maximum Gasteiger partial charge on any atom is 0.236 e. The summed E-state index contributed by atoms with van der Waals surface area (Å²) in [5.41, 5.74) is 0. The zero-order valence-electron chi connectivity index (χ0n) is 17.7. The zero-order valence-corrected chi connectivity index (χ0v) is 20.0. The van der Waals surface area contributed by atoms with Gasteiger partial charge in [0.2, 0.25) is 5.91 Å². The van der Waals surface area contributed by atoms with Crippen LogP contribution in [0.25, 0.3) is 0 Å². The number of hydrogen-bond donors (Lipinski definition) is 2. The summed E-state index contributed by atoms with van der Waals surface area (Å²) < 4.78 is 0. The molecule has 0 radical (unpaired) electrons. The molecule has 2 N–H and O–H groups in total. The topological polar surface area (TPSA) is 66.5 Å². The van der Waals surface area contributed by atoms with E-state index in [1.54, 1.807) is 4.90 Å². The Hall–Kier alpha value is -0.650. The fourth-order valence-corrected chi connectivity index (χ4v) is 4.18. The summed E-state index contributed by atoms with van der Waals surface area (Å²) >= 11 is 0. The molecule has 1 amide bonds. The number of guanidine groups is 1. The Morgan fingerprint density at radius 3 is 2.32 bits per heavy atom. The van der Waals surface area contributed by atoms with Crippen molar-refractivity contribution in [3.05, 3.63) is 0 Å². The molecule has 4 saturated heterocycles. The molecule has 2 bridgehead atoms. The molecule has 0 aromatic heterocycles. The number of likely N-dealkylation sites (tertiary alicyclic amines) is 1. The van der Waals surface area contributed by atoms with E-state index in [1.807, 2.05) is 14.1 Å². The van der Waals surface area contributed by atoms with E-state index >= 15 is 0 Å². The SMILES string of the molecule is CCNC(=NCC1CN2CCN1CC2)NC1CCN(CC(=O)N(C)C)CC1.I. The first-order valence-electron chi connectivity index (χ1n) is 10.5. The normalized spacial score (nSPS) is 28.5. The van der Waals surface area contributed by atoms with Crippen molar-refractivity contribution in [1.82, 2.24) is 30.2 Å². The van der Waals surface area contributed by atoms with E-state index in [0.29, 0.717) is 18.6 Å². The molecule has 9 heteroatoms. The maximum absolute atomic E-state index is 11.9. The number of piperazine rings is 3. The van der Waals surface area contributed by atoms with Gasteiger partial charge in [-0.2, -0.15) is 0 Å². The molecule has 28 heavy (non-hydrogen) atoms. The summed E-state index contributed by atoms with van der Waals surface area (Å²) in [6, 6.07) is 0.988. The van der Waals surface area contributed by atoms with Crippen LogP contribution in [-0.2, 0) is 4.79 Å². The van der Waals surface area contributed by atoms with E-state index < -0.39 is 0 Å². The largest absolute Gasteiger partial charge is 0.357 e. The molecule has 8 nitrogen and oxygen atoms in total. The lowest BCUT2D eigenvalue weighted by molar-refractivity contribution is -0.130. The van der Waals surface area contributed by atoms with Gasteiger partial charge >= 0.3 is 0 Å². The molecule has 0 aliphatic carbocycles. The fraction of sp³-hybridized carbons (Fsp3) is 0.895. The Kier molecular flexibility index (Phi) is 9.72. The third kappa shape index (κ3) is 6.70. The maximum atomic E-state index is 11.9. The minimum absolute atomic E-state index is 0. The molecule has 1 unspecified atom stereocenters. The highest BCUT2D eigenvalue weighted by Gasteiger charge is 2.31. The molecule has 0 saturated carbocycles. The van der Waals surface area contributed by atoms with E-state index in [1.165, 1.54) is 26.2 Å². The second-order valence-corrected chi connectivity index (χ2v) is 8.19. The Morgan fingerprint density at radius 1 is 1.11 bits per heavy atom. The number of nitrogens with one attached hydrogen (secondary N) is 2. The zero-order chi connectivity index (χ0) is 19.2. The van der Waals surface area contributed by atoms with E-state index in [9.17, 15) is 4.79 Å². The van der Waals surface area contributed by atoms with Gasteiger partial charge in [0.25, 0.3) is 0 Å². The van der Waals surface area contributed by atoms with Gasteiger partial charge in [-0.3, -0.25) is 24.5 Å². The minimum Gasteiger partial charge on any atom is -0.357 e. The molecule has 162 valence electrons. The summed E-state index contributed by atoms with van der Waals surface area (Å²) in [6.07, 6.45) is 2.10. The number of likely N-dealkylation sites (N-methyl/N-ethyl adjacent to an activating group) is 1. The molecule has 1 atom stereocenters. The first kappa shape index (κ1) is 23.6. The second-order valence-electron chi connectivity index (χ2n) is 8.19. The van der Waals surface area contributed by atoms with Crippen LogP contribution in [0.1, 0.15) is 19.8 Å². The molecule has 0 spiro atoms. The molecule has 4 aliphatic rings. The van der Waals surface area contributed by atoms with Gasteiger partial charge in [-0.25, -0.2) is 0 Å². The van der Waals surface area contributed by atoms with Crippen LogP contribution in [0.5, 0.6) is 0 Å². The minimum atomic E-state index is 0. The van der Waals surface area contributed by atoms with Crippen molar-refractivity contribution in [3.63, 3.8) is 0 Å². The van der Waals surface area contributed by atoms with Crippen molar-refractivity contribution in [3.8, 4) is 0 Å². The molecular formula is C19H38IN7O. The molecule has 4 fully saturated rings. The molecular weight excluding hydrogens is 469 g/mol. The number of halogens is 1. The average molecular weight is 507 g/mol. The number of amides is 1. The van der Waals surface area contributed by atoms with Crippen molar-refractivity contribution in [2.45, 2.75) is 31.8 Å². The van der Waals surface area contributed by atoms with Crippen molar-refractivity contribution in [2.75, 3.05) is 79.5 Å². The van der Waals surface area contributed by atoms with Gasteiger partial charge in [0.05, 0.1) is 13.1 Å². The summed E-state index contributed by atoms with van der Waals surface area (Å²) in [5, 5.41) is 7.03. The van der Waals surface area contributed by atoms with Crippen LogP contribution in [0.2, 0.25) is 0 Å². The van der Waals surface area contributed by atoms with Crippen LogP contribution < -0.4 is 10.6 Å². The predicted octanol–water partition coefficient (Wildman–Crippen LogP) is -0.288. The first-order valence-corrected chi connectivity index (χ1v) is 10.5. The van der Waals surface area contributed by atoms with Gasteiger partial charge in [0.15, 0.2) is 5.96 Å². The van der Waals surface area contributed by atoms with Gasteiger partial charge in [-0.1, -0.05) is 0 Å². The van der Waals surface area contributed by atoms with Gasteiger partial charge < -0.3 is 15.5 Å². The van der Waals surface area contributed by atoms with Gasteiger partial charge in [-0.15, -0.1) is 24.0 Å². The summed E-state index contributed by atoms with van der Waals surface area (Å²) in [7, 11) is 3.64. The Balaban J connectivity index is 0.00000280. The Morgan fingerprint density at radius 2 is 1.79 bits per heavy atom. The monoisotopic (exact) mass is 507 g/mol. The van der Waals surface area contributed by atoms with Crippen molar-refractivity contribution in [1.29, 1.82) is 0 Å². The fourth-order valence-electron chi connectivity index (χ4n) is 4.18. The van der Waals surface area contributed by atoms with E-state index in [2.05, 4.69) is 32.3 Å². The third-order valence-corrected chi connectivity index (χ3v) is 5.98. The number of piperidine rings is 1. The lowest BCUT2D eigenvalue weighted by Gasteiger charge is -2.47. The number of carbonyl (C=O) groups is 1. The number of aliphatic imine (C=N–C) groups is 1. The highest BCUT2D eigenvalue weighted by molar-refractivity contribution is 14.0. The number of fused-ring (bicyclic) bond motifs is 3. The number of rotatable bonds is 6. The Labute approximate surface area is 187 Å². The molecule has 4 rings (SSSR count). The molecule has 0 aromatic carbocycles. The van der Waals surface area contributed by atoms with Crippen LogP contribution in [-0.4, -0.2) is 123 Å². The second kappa shape index (κ2) is 11.5. The summed E-state index contributed by atoms with van der Waals surface area (Å²) in [5.74, 6) is 1.13. The van der Waals surface area contributed by atoms with Crippen LogP contribution in [0.4, 0.5) is 0 Å². The van der Waals surface area contributed by atoms with Crippen LogP contribution >= 0.6 is 24.0 Å². The van der Waals surface area contributed by atoms with Crippen LogP contribution in [0.3, 0.4) is 0 Å². The smallest absolute Gasteiger partial charge is 0.236 e. The standard InChI is InChI=1S/C19H37N7O.HI/c1-4-20-19(21-13-17-14-25-9-11-26(17)12-10-25)22-16-5-7-24(8-6-16)15-18(27)23(2)3;/h16-17H,4-15H2,1-3H3,(H2,20,21,22);1H. The lowest BCUT2D eigenvalue weighted by Crippen LogP contribution is -2.62.